The van der Waals surface area contributed by atoms with Gasteiger partial charge < -0.3 is 15.2 Å². The fourth-order valence-corrected chi connectivity index (χ4v) is 1.43. The van der Waals surface area contributed by atoms with Gasteiger partial charge in [0.2, 0.25) is 0 Å². The first kappa shape index (κ1) is 15.2. The van der Waals surface area contributed by atoms with Crippen molar-refractivity contribution in [3.05, 3.63) is 0 Å². The lowest BCUT2D eigenvalue weighted by Crippen LogP contribution is -2.36. The molecule has 4 heteroatoms. The van der Waals surface area contributed by atoms with Crippen LogP contribution in [0.4, 0.5) is 4.79 Å². The van der Waals surface area contributed by atoms with Crippen molar-refractivity contribution in [1.82, 2.24) is 5.32 Å². The predicted octanol–water partition coefficient (Wildman–Crippen LogP) is 2.17. The van der Waals surface area contributed by atoms with Gasteiger partial charge in [0.05, 0.1) is 0 Å². The molecule has 0 bridgehead atoms. The summed E-state index contributed by atoms with van der Waals surface area (Å²) in [6, 6.07) is 0. The van der Waals surface area contributed by atoms with Gasteiger partial charge in [-0.15, -0.1) is 0 Å². The van der Waals surface area contributed by atoms with E-state index in [2.05, 4.69) is 19.2 Å². The zero-order chi connectivity index (χ0) is 12.8. The first-order chi connectivity index (χ1) is 7.24. The molecule has 0 aliphatic carbocycles. The number of carbonyl (C=O) groups excluding carboxylic acids is 1. The molecule has 0 radical (unpaired) electrons. The number of alkyl carbamates (subject to hydrolysis) is 1. The Kier molecular flexibility index (Phi) is 6.41. The van der Waals surface area contributed by atoms with Crippen LogP contribution in [0.15, 0.2) is 0 Å². The van der Waals surface area contributed by atoms with Crippen molar-refractivity contribution in [2.45, 2.75) is 46.6 Å². The topological polar surface area (TPSA) is 58.6 Å². The van der Waals surface area contributed by atoms with Gasteiger partial charge in [-0.2, -0.15) is 0 Å². The fraction of sp³-hybridized carbons (Fsp3) is 0.917. The number of hydrogen-bond donors (Lipinski definition) is 2. The number of hydrogen-bond acceptors (Lipinski definition) is 3. The molecule has 0 saturated carbocycles. The van der Waals surface area contributed by atoms with Crippen molar-refractivity contribution in [3.8, 4) is 0 Å². The summed E-state index contributed by atoms with van der Waals surface area (Å²) in [5.41, 5.74) is -0.475. The first-order valence-electron chi connectivity index (χ1n) is 5.82. The van der Waals surface area contributed by atoms with Gasteiger partial charge in [-0.3, -0.25) is 0 Å². The third-order valence-corrected chi connectivity index (χ3v) is 2.00. The molecule has 0 aromatic heterocycles. The van der Waals surface area contributed by atoms with Crippen molar-refractivity contribution in [2.24, 2.45) is 11.8 Å². The quantitative estimate of drug-likeness (QED) is 0.762. The Bertz CT molecular complexity index is 209. The Labute approximate surface area is 98.4 Å². The van der Waals surface area contributed by atoms with Crippen molar-refractivity contribution < 1.29 is 14.6 Å². The van der Waals surface area contributed by atoms with Crippen molar-refractivity contribution >= 4 is 6.09 Å². The number of aliphatic hydroxyl groups is 1. The molecular weight excluding hydrogens is 206 g/mol. The number of nitrogens with one attached hydrogen (secondary N) is 1. The first-order valence-corrected chi connectivity index (χ1v) is 5.82. The van der Waals surface area contributed by atoms with E-state index in [-0.39, 0.29) is 12.5 Å². The van der Waals surface area contributed by atoms with E-state index in [4.69, 9.17) is 9.84 Å². The number of aliphatic hydroxyl groups excluding tert-OH is 1. The highest BCUT2D eigenvalue weighted by Crippen LogP contribution is 2.11. The Morgan fingerprint density at radius 1 is 1.38 bits per heavy atom. The Morgan fingerprint density at radius 3 is 2.31 bits per heavy atom. The number of carbonyl (C=O) groups is 1. The molecule has 0 aliphatic heterocycles. The lowest BCUT2D eigenvalue weighted by Gasteiger charge is -2.21. The molecule has 0 aromatic carbocycles. The van der Waals surface area contributed by atoms with E-state index >= 15 is 0 Å². The van der Waals surface area contributed by atoms with Crippen LogP contribution in [-0.2, 0) is 4.74 Å². The van der Waals surface area contributed by atoms with Crippen LogP contribution in [0.25, 0.3) is 0 Å². The molecule has 0 spiro atoms. The lowest BCUT2D eigenvalue weighted by atomic mass is 9.98. The largest absolute Gasteiger partial charge is 0.444 e. The number of rotatable bonds is 5. The molecule has 0 aliphatic rings. The summed E-state index contributed by atoms with van der Waals surface area (Å²) in [4.78, 5) is 11.3. The number of amides is 1. The minimum absolute atomic E-state index is 0.0912. The van der Waals surface area contributed by atoms with Gasteiger partial charge >= 0.3 is 6.09 Å². The normalized spacial score (nSPS) is 13.7. The van der Waals surface area contributed by atoms with Crippen LogP contribution >= 0.6 is 0 Å². The van der Waals surface area contributed by atoms with Crippen LogP contribution in [0.3, 0.4) is 0 Å². The van der Waals surface area contributed by atoms with Gasteiger partial charge in [-0.05, 0) is 39.0 Å². The third-order valence-electron chi connectivity index (χ3n) is 2.00. The summed E-state index contributed by atoms with van der Waals surface area (Å²) in [6.07, 6.45) is 0.474. The van der Waals surface area contributed by atoms with Crippen LogP contribution < -0.4 is 5.32 Å². The molecule has 0 fully saturated rings. The molecule has 96 valence electrons. The zero-order valence-corrected chi connectivity index (χ0v) is 11.0. The Hall–Kier alpha value is -0.770. The van der Waals surface area contributed by atoms with E-state index in [0.29, 0.717) is 12.5 Å². The van der Waals surface area contributed by atoms with Gasteiger partial charge in [0.15, 0.2) is 0 Å². The van der Waals surface area contributed by atoms with E-state index in [9.17, 15) is 4.79 Å². The van der Waals surface area contributed by atoms with Gasteiger partial charge in [0, 0.05) is 13.2 Å². The van der Waals surface area contributed by atoms with Crippen LogP contribution in [0.5, 0.6) is 0 Å². The summed E-state index contributed by atoms with van der Waals surface area (Å²) >= 11 is 0. The highest BCUT2D eigenvalue weighted by molar-refractivity contribution is 5.67. The molecular formula is C12H25NO3. The molecule has 16 heavy (non-hydrogen) atoms. The van der Waals surface area contributed by atoms with Crippen molar-refractivity contribution in [1.29, 1.82) is 0 Å². The van der Waals surface area contributed by atoms with E-state index in [0.717, 1.165) is 6.42 Å². The minimum atomic E-state index is -0.475. The molecule has 1 atom stereocenters. The summed E-state index contributed by atoms with van der Waals surface area (Å²) in [6.45, 7) is 10.2. The molecule has 0 heterocycles. The van der Waals surface area contributed by atoms with Crippen molar-refractivity contribution in [3.63, 3.8) is 0 Å². The lowest BCUT2D eigenvalue weighted by molar-refractivity contribution is 0.0509. The van der Waals surface area contributed by atoms with E-state index in [1.807, 2.05) is 20.8 Å². The Balaban J connectivity index is 3.88. The molecule has 4 nitrogen and oxygen atoms in total. The molecule has 0 aromatic rings. The van der Waals surface area contributed by atoms with Crippen molar-refractivity contribution in [2.75, 3.05) is 13.2 Å². The summed E-state index contributed by atoms with van der Waals surface area (Å²) in [5, 5.41) is 11.8. The molecule has 0 rings (SSSR count). The fourth-order valence-electron chi connectivity index (χ4n) is 1.43. The van der Waals surface area contributed by atoms with Crippen LogP contribution in [-0.4, -0.2) is 30.0 Å². The zero-order valence-electron chi connectivity index (χ0n) is 11.0. The summed E-state index contributed by atoms with van der Waals surface area (Å²) in [7, 11) is 0. The smallest absolute Gasteiger partial charge is 0.407 e. The second kappa shape index (κ2) is 6.74. The SMILES string of the molecule is CC(C)CC(CO)CNC(=O)OC(C)(C)C. The average Bonchev–Trinajstić information content (AvgIpc) is 2.08. The average molecular weight is 231 g/mol. The van der Waals surface area contributed by atoms with E-state index in [1.165, 1.54) is 0 Å². The molecule has 1 amide bonds. The maximum absolute atomic E-state index is 11.3. The number of ether oxygens (including phenoxy) is 1. The van der Waals surface area contributed by atoms with Gasteiger partial charge in [-0.1, -0.05) is 13.8 Å². The van der Waals surface area contributed by atoms with Gasteiger partial charge in [-0.25, -0.2) is 4.79 Å². The van der Waals surface area contributed by atoms with E-state index in [1.54, 1.807) is 0 Å². The standard InChI is InChI=1S/C12H25NO3/c1-9(2)6-10(8-14)7-13-11(15)16-12(3,4)5/h9-10,14H,6-8H2,1-5H3,(H,13,15). The van der Waals surface area contributed by atoms with Gasteiger partial charge in [0.25, 0.3) is 0 Å². The van der Waals surface area contributed by atoms with Crippen LogP contribution in [0, 0.1) is 11.8 Å². The predicted molar refractivity (Wildman–Crippen MR) is 64.3 cm³/mol. The third kappa shape index (κ3) is 8.53. The molecule has 1 unspecified atom stereocenters. The minimum Gasteiger partial charge on any atom is -0.444 e. The summed E-state index contributed by atoms with van der Waals surface area (Å²) in [5.74, 6) is 0.616. The van der Waals surface area contributed by atoms with Gasteiger partial charge in [0.1, 0.15) is 5.60 Å². The van der Waals surface area contributed by atoms with E-state index < -0.39 is 11.7 Å². The highest BCUT2D eigenvalue weighted by Gasteiger charge is 2.17. The summed E-state index contributed by atoms with van der Waals surface area (Å²) < 4.78 is 5.11. The molecule has 2 N–H and O–H groups in total. The monoisotopic (exact) mass is 231 g/mol. The second-order valence-electron chi connectivity index (χ2n) is 5.56. The second-order valence-corrected chi connectivity index (χ2v) is 5.56. The van der Waals surface area contributed by atoms with Crippen LogP contribution in [0.2, 0.25) is 0 Å². The maximum atomic E-state index is 11.3. The molecule has 0 saturated heterocycles. The maximum Gasteiger partial charge on any atom is 0.407 e. The van der Waals surface area contributed by atoms with Crippen LogP contribution in [0.1, 0.15) is 41.0 Å². The Morgan fingerprint density at radius 2 is 1.94 bits per heavy atom. The highest BCUT2D eigenvalue weighted by atomic mass is 16.6.